The highest BCUT2D eigenvalue weighted by Crippen LogP contribution is 2.29. The van der Waals surface area contributed by atoms with Crippen molar-refractivity contribution in [2.24, 2.45) is 5.73 Å². The van der Waals surface area contributed by atoms with Gasteiger partial charge >= 0.3 is 0 Å². The molecule has 0 bridgehead atoms. The lowest BCUT2D eigenvalue weighted by Gasteiger charge is -2.10. The summed E-state index contributed by atoms with van der Waals surface area (Å²) in [5.41, 5.74) is 5.96. The first-order valence-corrected chi connectivity index (χ1v) is 8.31. The molecule has 0 atom stereocenters. The molecule has 2 aromatic carbocycles. The van der Waals surface area contributed by atoms with Gasteiger partial charge in [0.2, 0.25) is 5.91 Å². The van der Waals surface area contributed by atoms with E-state index in [1.165, 1.54) is 18.2 Å². The van der Waals surface area contributed by atoms with E-state index >= 15 is 0 Å². The maximum absolute atomic E-state index is 14.1. The average molecular weight is 322 g/mol. The minimum Gasteiger partial charge on any atom is -0.322 e. The number of nitrogens with one attached hydrogen (secondary N) is 1. The highest BCUT2D eigenvalue weighted by molar-refractivity contribution is 7.90. The van der Waals surface area contributed by atoms with Gasteiger partial charge in [0.15, 0.2) is 9.84 Å². The second-order valence-electron chi connectivity index (χ2n) is 4.72. The Hall–Kier alpha value is -2.25. The largest absolute Gasteiger partial charge is 0.322 e. The molecule has 0 unspecified atom stereocenters. The standard InChI is InChI=1S/C15H15FN2O3S/c1-22(20,21)14-5-3-2-4-11(14)10-6-7-13(12(16)8-10)18-15(19)9-17/h2-8H,9,17H2,1H3,(H,18,19). The smallest absolute Gasteiger partial charge is 0.238 e. The highest BCUT2D eigenvalue weighted by atomic mass is 32.2. The summed E-state index contributed by atoms with van der Waals surface area (Å²) in [7, 11) is -3.44. The van der Waals surface area contributed by atoms with Crippen molar-refractivity contribution in [2.75, 3.05) is 18.1 Å². The summed E-state index contributed by atoms with van der Waals surface area (Å²) in [5, 5.41) is 2.33. The Kier molecular flexibility index (Phi) is 4.58. The topological polar surface area (TPSA) is 89.3 Å². The summed E-state index contributed by atoms with van der Waals surface area (Å²) in [5.74, 6) is -1.18. The molecule has 0 saturated carbocycles. The van der Waals surface area contributed by atoms with E-state index in [4.69, 9.17) is 5.73 Å². The van der Waals surface area contributed by atoms with Crippen molar-refractivity contribution in [3.63, 3.8) is 0 Å². The van der Waals surface area contributed by atoms with Crippen LogP contribution < -0.4 is 11.1 Å². The van der Waals surface area contributed by atoms with Gasteiger partial charge in [0.25, 0.3) is 0 Å². The number of hydrogen-bond acceptors (Lipinski definition) is 4. The maximum atomic E-state index is 14.1. The number of nitrogens with two attached hydrogens (primary N) is 1. The zero-order valence-corrected chi connectivity index (χ0v) is 12.7. The number of hydrogen-bond donors (Lipinski definition) is 2. The van der Waals surface area contributed by atoms with E-state index in [9.17, 15) is 17.6 Å². The van der Waals surface area contributed by atoms with E-state index in [0.717, 1.165) is 6.26 Å². The first-order valence-electron chi connectivity index (χ1n) is 6.42. The Labute approximate surface area is 127 Å². The van der Waals surface area contributed by atoms with Crippen molar-refractivity contribution in [1.82, 2.24) is 0 Å². The fourth-order valence-electron chi connectivity index (χ4n) is 2.01. The number of rotatable bonds is 4. The molecule has 0 spiro atoms. The molecule has 22 heavy (non-hydrogen) atoms. The van der Waals surface area contributed by atoms with Gasteiger partial charge in [-0.2, -0.15) is 0 Å². The molecule has 7 heteroatoms. The third-order valence-corrected chi connectivity index (χ3v) is 4.18. The molecule has 0 fully saturated rings. The van der Waals surface area contributed by atoms with Gasteiger partial charge in [-0.1, -0.05) is 24.3 Å². The molecule has 0 heterocycles. The molecule has 5 nitrogen and oxygen atoms in total. The SMILES string of the molecule is CS(=O)(=O)c1ccccc1-c1ccc(NC(=O)CN)c(F)c1. The quantitative estimate of drug-likeness (QED) is 0.898. The fraction of sp³-hybridized carbons (Fsp3) is 0.133. The number of carbonyl (C=O) groups is 1. The molecule has 0 aliphatic heterocycles. The summed E-state index contributed by atoms with van der Waals surface area (Å²) >= 11 is 0. The Morgan fingerprint density at radius 2 is 1.91 bits per heavy atom. The monoisotopic (exact) mass is 322 g/mol. The summed E-state index contributed by atoms with van der Waals surface area (Å²) in [6.07, 6.45) is 1.10. The molecular weight excluding hydrogens is 307 g/mol. The number of benzene rings is 2. The number of anilines is 1. The lowest BCUT2D eigenvalue weighted by atomic mass is 10.0. The van der Waals surface area contributed by atoms with Gasteiger partial charge < -0.3 is 11.1 Å². The second kappa shape index (κ2) is 6.25. The predicted octanol–water partition coefficient (Wildman–Crippen LogP) is 1.79. The summed E-state index contributed by atoms with van der Waals surface area (Å²) in [6, 6.07) is 10.4. The molecule has 2 rings (SSSR count). The summed E-state index contributed by atoms with van der Waals surface area (Å²) in [4.78, 5) is 11.3. The Bertz CT molecular complexity index is 819. The molecule has 0 saturated heterocycles. The molecule has 0 aliphatic rings. The third-order valence-electron chi connectivity index (χ3n) is 3.03. The Morgan fingerprint density at radius 3 is 2.50 bits per heavy atom. The van der Waals surface area contributed by atoms with E-state index in [0.29, 0.717) is 11.1 Å². The van der Waals surface area contributed by atoms with Crippen LogP contribution in [0.5, 0.6) is 0 Å². The van der Waals surface area contributed by atoms with Crippen LogP contribution in [0.1, 0.15) is 0 Å². The van der Waals surface area contributed by atoms with Gasteiger partial charge in [-0.05, 0) is 23.8 Å². The minimum absolute atomic E-state index is 0.00367. The van der Waals surface area contributed by atoms with Gasteiger partial charge in [-0.25, -0.2) is 12.8 Å². The molecular formula is C15H15FN2O3S. The van der Waals surface area contributed by atoms with Gasteiger partial charge in [0.05, 0.1) is 17.1 Å². The van der Waals surface area contributed by atoms with Crippen LogP contribution in [-0.4, -0.2) is 27.1 Å². The zero-order valence-electron chi connectivity index (χ0n) is 11.8. The maximum Gasteiger partial charge on any atom is 0.238 e. The number of amides is 1. The van der Waals surface area contributed by atoms with Gasteiger partial charge in [0, 0.05) is 11.8 Å². The molecule has 116 valence electrons. The Balaban J connectivity index is 2.48. The molecule has 1 amide bonds. The number of halogens is 1. The highest BCUT2D eigenvalue weighted by Gasteiger charge is 2.15. The lowest BCUT2D eigenvalue weighted by Crippen LogP contribution is -2.22. The fourth-order valence-corrected chi connectivity index (χ4v) is 2.92. The molecule has 0 aromatic heterocycles. The lowest BCUT2D eigenvalue weighted by molar-refractivity contribution is -0.114. The molecule has 2 aromatic rings. The van der Waals surface area contributed by atoms with Crippen molar-refractivity contribution >= 4 is 21.4 Å². The molecule has 0 aliphatic carbocycles. The van der Waals surface area contributed by atoms with Crippen LogP contribution in [0.3, 0.4) is 0 Å². The number of carbonyl (C=O) groups excluding carboxylic acids is 1. The third kappa shape index (κ3) is 3.49. The number of sulfone groups is 1. The van der Waals surface area contributed by atoms with Crippen LogP contribution in [0, 0.1) is 5.82 Å². The van der Waals surface area contributed by atoms with Gasteiger partial charge in [-0.15, -0.1) is 0 Å². The van der Waals surface area contributed by atoms with Crippen LogP contribution in [0.25, 0.3) is 11.1 Å². The van der Waals surface area contributed by atoms with Crippen molar-refractivity contribution in [3.8, 4) is 11.1 Å². The normalized spacial score (nSPS) is 11.2. The molecule has 0 radical (unpaired) electrons. The van der Waals surface area contributed by atoms with E-state index in [1.54, 1.807) is 24.3 Å². The average Bonchev–Trinajstić information content (AvgIpc) is 2.48. The van der Waals surface area contributed by atoms with Crippen LogP contribution >= 0.6 is 0 Å². The van der Waals surface area contributed by atoms with Crippen molar-refractivity contribution in [2.45, 2.75) is 4.90 Å². The van der Waals surface area contributed by atoms with E-state index < -0.39 is 21.6 Å². The summed E-state index contributed by atoms with van der Waals surface area (Å²) < 4.78 is 37.7. The first kappa shape index (κ1) is 16.1. The van der Waals surface area contributed by atoms with Crippen molar-refractivity contribution in [1.29, 1.82) is 0 Å². The van der Waals surface area contributed by atoms with Crippen molar-refractivity contribution in [3.05, 3.63) is 48.3 Å². The zero-order chi connectivity index (χ0) is 16.3. The molecule has 3 N–H and O–H groups in total. The van der Waals surface area contributed by atoms with Crippen LogP contribution in [0.2, 0.25) is 0 Å². The van der Waals surface area contributed by atoms with E-state index in [-0.39, 0.29) is 17.1 Å². The van der Waals surface area contributed by atoms with Crippen LogP contribution in [0.4, 0.5) is 10.1 Å². The predicted molar refractivity (Wildman–Crippen MR) is 82.6 cm³/mol. The van der Waals surface area contributed by atoms with Crippen LogP contribution in [0.15, 0.2) is 47.4 Å². The van der Waals surface area contributed by atoms with E-state index in [1.807, 2.05) is 0 Å². The summed E-state index contributed by atoms with van der Waals surface area (Å²) in [6.45, 7) is -0.252. The van der Waals surface area contributed by atoms with Gasteiger partial charge in [0.1, 0.15) is 5.82 Å². The van der Waals surface area contributed by atoms with E-state index in [2.05, 4.69) is 5.32 Å². The second-order valence-corrected chi connectivity index (χ2v) is 6.70. The Morgan fingerprint density at radius 1 is 1.23 bits per heavy atom. The van der Waals surface area contributed by atoms with Gasteiger partial charge in [-0.3, -0.25) is 4.79 Å². The van der Waals surface area contributed by atoms with Crippen LogP contribution in [-0.2, 0) is 14.6 Å². The first-order chi connectivity index (χ1) is 10.3. The minimum atomic E-state index is -3.44. The van der Waals surface area contributed by atoms with Crippen molar-refractivity contribution < 1.29 is 17.6 Å².